The minimum absolute atomic E-state index is 0.172. The molecular formula is C18H17ClN2O4. The zero-order valence-electron chi connectivity index (χ0n) is 14.1. The number of fused-ring (bicyclic) bond motifs is 1. The van der Waals surface area contributed by atoms with Crippen molar-refractivity contribution in [3.63, 3.8) is 0 Å². The summed E-state index contributed by atoms with van der Waals surface area (Å²) >= 11 is 6.17. The van der Waals surface area contributed by atoms with Crippen LogP contribution in [-0.4, -0.2) is 37.9 Å². The topological polar surface area (TPSA) is 81.4 Å². The highest BCUT2D eigenvalue weighted by Gasteiger charge is 2.16. The van der Waals surface area contributed by atoms with Crippen LogP contribution >= 0.6 is 11.6 Å². The van der Waals surface area contributed by atoms with Gasteiger partial charge in [0, 0.05) is 18.1 Å². The second-order valence-electron chi connectivity index (χ2n) is 5.27. The van der Waals surface area contributed by atoms with Gasteiger partial charge in [0.1, 0.15) is 28.6 Å². The normalized spacial score (nSPS) is 12.5. The summed E-state index contributed by atoms with van der Waals surface area (Å²) in [4.78, 5) is 16.4. The first-order valence-corrected chi connectivity index (χ1v) is 7.82. The Bertz CT molecular complexity index is 858. The van der Waals surface area contributed by atoms with Crippen LogP contribution < -0.4 is 4.74 Å². The van der Waals surface area contributed by atoms with Crippen molar-refractivity contribution in [3.8, 4) is 11.8 Å². The molecule has 0 unspecified atom stereocenters. The third kappa shape index (κ3) is 4.69. The van der Waals surface area contributed by atoms with Gasteiger partial charge in [0.15, 0.2) is 0 Å². The fourth-order valence-electron chi connectivity index (χ4n) is 2.18. The fourth-order valence-corrected chi connectivity index (χ4v) is 2.38. The van der Waals surface area contributed by atoms with Gasteiger partial charge in [-0.1, -0.05) is 11.6 Å². The van der Waals surface area contributed by atoms with Gasteiger partial charge in [0.05, 0.1) is 19.2 Å². The fraction of sp³-hybridized carbons (Fsp3) is 0.278. The lowest BCUT2D eigenvalue weighted by Gasteiger charge is -2.11. The molecule has 1 heterocycles. The van der Waals surface area contributed by atoms with E-state index in [0.29, 0.717) is 16.8 Å². The van der Waals surface area contributed by atoms with Crippen molar-refractivity contribution in [1.82, 2.24) is 4.98 Å². The summed E-state index contributed by atoms with van der Waals surface area (Å²) in [5, 5.41) is 10.2. The number of aromatic nitrogens is 1. The Labute approximate surface area is 150 Å². The molecule has 1 aromatic heterocycles. The number of ether oxygens (including phenoxy) is 3. The molecule has 0 bridgehead atoms. The standard InChI is InChI=1S/C18H17ClN2O4/c1-11(10-23-2)25-18(22)14(9-20)7-13-6-12-8-15(24-3)4-5-16(12)21-17(13)19/h4-8,11H,10H2,1-3H3/b14-7+/t11-/m0/s1. The molecule has 0 saturated carbocycles. The summed E-state index contributed by atoms with van der Waals surface area (Å²) in [6, 6.07) is 8.91. The molecule has 2 rings (SSSR count). The van der Waals surface area contributed by atoms with E-state index in [1.54, 1.807) is 38.3 Å². The Morgan fingerprint density at radius 1 is 1.40 bits per heavy atom. The number of esters is 1. The Morgan fingerprint density at radius 3 is 2.80 bits per heavy atom. The van der Waals surface area contributed by atoms with Gasteiger partial charge in [-0.15, -0.1) is 0 Å². The van der Waals surface area contributed by atoms with Crippen LogP contribution in [0.4, 0.5) is 0 Å². The van der Waals surface area contributed by atoms with Gasteiger partial charge in [-0.25, -0.2) is 9.78 Å². The highest BCUT2D eigenvalue weighted by Crippen LogP contribution is 2.26. The van der Waals surface area contributed by atoms with Crippen molar-refractivity contribution < 1.29 is 19.0 Å². The second kappa shape index (κ2) is 8.47. The van der Waals surface area contributed by atoms with E-state index < -0.39 is 12.1 Å². The molecule has 0 spiro atoms. The van der Waals surface area contributed by atoms with E-state index in [9.17, 15) is 10.1 Å². The number of nitriles is 1. The smallest absolute Gasteiger partial charge is 0.349 e. The SMILES string of the molecule is COC[C@H](C)OC(=O)/C(C#N)=C/c1cc2cc(OC)ccc2nc1Cl. The van der Waals surface area contributed by atoms with Gasteiger partial charge in [-0.05, 0) is 37.3 Å². The molecule has 0 aliphatic heterocycles. The largest absolute Gasteiger partial charge is 0.497 e. The molecule has 0 fully saturated rings. The number of carbonyl (C=O) groups excluding carboxylic acids is 1. The van der Waals surface area contributed by atoms with Crippen molar-refractivity contribution in [2.45, 2.75) is 13.0 Å². The third-order valence-corrected chi connectivity index (χ3v) is 3.66. The molecule has 7 heteroatoms. The second-order valence-corrected chi connectivity index (χ2v) is 5.63. The molecule has 1 aromatic carbocycles. The molecule has 0 radical (unpaired) electrons. The monoisotopic (exact) mass is 360 g/mol. The summed E-state index contributed by atoms with van der Waals surface area (Å²) in [5.41, 5.74) is 0.946. The van der Waals surface area contributed by atoms with Gasteiger partial charge < -0.3 is 14.2 Å². The van der Waals surface area contributed by atoms with E-state index in [1.807, 2.05) is 6.07 Å². The minimum Gasteiger partial charge on any atom is -0.497 e. The molecule has 2 aromatic rings. The maximum absolute atomic E-state index is 12.1. The average Bonchev–Trinajstić information content (AvgIpc) is 2.59. The van der Waals surface area contributed by atoms with Crippen LogP contribution in [0.3, 0.4) is 0 Å². The predicted molar refractivity (Wildman–Crippen MR) is 94.3 cm³/mol. The molecule has 6 nitrogen and oxygen atoms in total. The van der Waals surface area contributed by atoms with Gasteiger partial charge in [0.2, 0.25) is 0 Å². The lowest BCUT2D eigenvalue weighted by molar-refractivity contribution is -0.145. The van der Waals surface area contributed by atoms with Crippen LogP contribution in [0.25, 0.3) is 17.0 Å². The van der Waals surface area contributed by atoms with Crippen LogP contribution in [0.15, 0.2) is 29.8 Å². The third-order valence-electron chi connectivity index (χ3n) is 3.35. The average molecular weight is 361 g/mol. The molecule has 0 aliphatic carbocycles. The number of halogens is 1. The van der Waals surface area contributed by atoms with Crippen LogP contribution in [0.2, 0.25) is 5.15 Å². The van der Waals surface area contributed by atoms with Crippen molar-refractivity contribution in [2.75, 3.05) is 20.8 Å². The first-order valence-electron chi connectivity index (χ1n) is 7.44. The molecule has 1 atom stereocenters. The van der Waals surface area contributed by atoms with Gasteiger partial charge in [0.25, 0.3) is 0 Å². The Morgan fingerprint density at radius 2 is 2.16 bits per heavy atom. The number of hydrogen-bond acceptors (Lipinski definition) is 6. The number of pyridine rings is 1. The summed E-state index contributed by atoms with van der Waals surface area (Å²) in [6.45, 7) is 1.91. The Kier molecular flexibility index (Phi) is 6.34. The quantitative estimate of drug-likeness (QED) is 0.340. The van der Waals surface area contributed by atoms with E-state index in [1.165, 1.54) is 13.2 Å². The molecule has 25 heavy (non-hydrogen) atoms. The molecule has 130 valence electrons. The summed E-state index contributed by atoms with van der Waals surface area (Å²) in [7, 11) is 3.07. The highest BCUT2D eigenvalue weighted by molar-refractivity contribution is 6.31. The Hall–Kier alpha value is -2.62. The number of nitrogens with zero attached hydrogens (tertiary/aromatic N) is 2. The maximum atomic E-state index is 12.1. The van der Waals surface area contributed by atoms with Crippen molar-refractivity contribution in [3.05, 3.63) is 40.6 Å². The van der Waals surface area contributed by atoms with Crippen molar-refractivity contribution in [2.24, 2.45) is 0 Å². The summed E-state index contributed by atoms with van der Waals surface area (Å²) in [6.07, 6.45) is 0.888. The number of methoxy groups -OCH3 is 2. The molecule has 0 N–H and O–H groups in total. The van der Waals surface area contributed by atoms with Crippen LogP contribution in [0, 0.1) is 11.3 Å². The molecule has 0 amide bonds. The first-order chi connectivity index (χ1) is 12.0. The lowest BCUT2D eigenvalue weighted by Crippen LogP contribution is -2.20. The zero-order valence-corrected chi connectivity index (χ0v) is 14.8. The van der Waals surface area contributed by atoms with Gasteiger partial charge >= 0.3 is 5.97 Å². The van der Waals surface area contributed by atoms with E-state index >= 15 is 0 Å². The molecular weight excluding hydrogens is 344 g/mol. The lowest BCUT2D eigenvalue weighted by atomic mass is 10.1. The summed E-state index contributed by atoms with van der Waals surface area (Å²) < 4.78 is 15.2. The number of rotatable bonds is 6. The number of hydrogen-bond donors (Lipinski definition) is 0. The van der Waals surface area contributed by atoms with E-state index in [-0.39, 0.29) is 17.3 Å². The number of benzene rings is 1. The predicted octanol–water partition coefficient (Wildman–Crippen LogP) is 3.38. The minimum atomic E-state index is -0.742. The maximum Gasteiger partial charge on any atom is 0.349 e. The van der Waals surface area contributed by atoms with Gasteiger partial charge in [-0.2, -0.15) is 5.26 Å². The van der Waals surface area contributed by atoms with Crippen LogP contribution in [0.5, 0.6) is 5.75 Å². The highest BCUT2D eigenvalue weighted by atomic mass is 35.5. The van der Waals surface area contributed by atoms with Crippen LogP contribution in [0.1, 0.15) is 12.5 Å². The van der Waals surface area contributed by atoms with E-state index in [4.69, 9.17) is 25.8 Å². The number of carbonyl (C=O) groups is 1. The van der Waals surface area contributed by atoms with Gasteiger partial charge in [-0.3, -0.25) is 0 Å². The van der Waals surface area contributed by atoms with E-state index in [0.717, 1.165) is 5.39 Å². The first kappa shape index (κ1) is 18.7. The van der Waals surface area contributed by atoms with Crippen molar-refractivity contribution >= 4 is 34.5 Å². The zero-order chi connectivity index (χ0) is 18.4. The van der Waals surface area contributed by atoms with Crippen LogP contribution in [-0.2, 0) is 14.3 Å². The molecule has 0 saturated heterocycles. The van der Waals surface area contributed by atoms with Crippen molar-refractivity contribution in [1.29, 1.82) is 5.26 Å². The molecule has 0 aliphatic rings. The summed E-state index contributed by atoms with van der Waals surface area (Å²) in [5.74, 6) is -0.0753. The van der Waals surface area contributed by atoms with E-state index in [2.05, 4.69) is 4.98 Å². The Balaban J connectivity index is 2.37.